The average Bonchev–Trinajstić information content (AvgIpc) is 3.40. The molecular formula is C23H25FN4O3. The summed E-state index contributed by atoms with van der Waals surface area (Å²) in [5.41, 5.74) is 2.64. The van der Waals surface area contributed by atoms with Gasteiger partial charge in [-0.3, -0.25) is 14.6 Å². The van der Waals surface area contributed by atoms with Crippen molar-refractivity contribution in [2.45, 2.75) is 38.3 Å². The van der Waals surface area contributed by atoms with Crippen molar-refractivity contribution in [3.63, 3.8) is 0 Å². The smallest absolute Gasteiger partial charge is 0.268 e. The number of benzene rings is 1. The van der Waals surface area contributed by atoms with Crippen molar-refractivity contribution in [3.05, 3.63) is 65.4 Å². The van der Waals surface area contributed by atoms with Gasteiger partial charge in [-0.25, -0.2) is 4.39 Å². The Morgan fingerprint density at radius 2 is 2.10 bits per heavy atom. The second-order valence-electron chi connectivity index (χ2n) is 7.96. The number of fused-ring (bicyclic) bond motifs is 1. The summed E-state index contributed by atoms with van der Waals surface area (Å²) in [6.07, 6.45) is 3.43. The van der Waals surface area contributed by atoms with Crippen LogP contribution in [0.15, 0.2) is 42.6 Å². The number of aliphatic hydroxyl groups is 1. The van der Waals surface area contributed by atoms with Gasteiger partial charge in [-0.2, -0.15) is 0 Å². The van der Waals surface area contributed by atoms with E-state index in [4.69, 9.17) is 0 Å². The first-order valence-corrected chi connectivity index (χ1v) is 10.4. The molecule has 3 heterocycles. The van der Waals surface area contributed by atoms with Gasteiger partial charge in [0.2, 0.25) is 5.91 Å². The van der Waals surface area contributed by atoms with Crippen molar-refractivity contribution in [3.8, 4) is 0 Å². The lowest BCUT2D eigenvalue weighted by Crippen LogP contribution is -2.51. The van der Waals surface area contributed by atoms with Crippen LogP contribution >= 0.6 is 0 Å². The molecule has 0 spiro atoms. The molecule has 0 saturated carbocycles. The Labute approximate surface area is 179 Å². The molecule has 2 amide bonds. The standard InChI is InChI=1S/C23H25FN4O3/c1-14-9-16-11-19(26-21(16)12-25-14)22(30)27-20(10-15-4-6-17(24)7-5-15)23(31)28-8-2-3-18(28)13-29/h4-7,9,11-12,18,20,26,29H,2-3,8,10,13H2,1H3,(H,27,30)/t18-,20+/m1/s1. The number of amides is 2. The van der Waals surface area contributed by atoms with E-state index in [-0.39, 0.29) is 30.8 Å². The number of aryl methyl sites for hydroxylation is 1. The summed E-state index contributed by atoms with van der Waals surface area (Å²) in [6, 6.07) is 8.39. The number of nitrogens with one attached hydrogen (secondary N) is 2. The maximum absolute atomic E-state index is 13.3. The van der Waals surface area contributed by atoms with Gasteiger partial charge in [0.15, 0.2) is 0 Å². The highest BCUT2D eigenvalue weighted by molar-refractivity contribution is 6.00. The minimum absolute atomic E-state index is 0.114. The molecule has 31 heavy (non-hydrogen) atoms. The van der Waals surface area contributed by atoms with Crippen LogP contribution in [0.25, 0.3) is 10.9 Å². The van der Waals surface area contributed by atoms with E-state index in [0.29, 0.717) is 12.2 Å². The Balaban J connectivity index is 1.58. The molecule has 7 nitrogen and oxygen atoms in total. The maximum Gasteiger partial charge on any atom is 0.268 e. The number of likely N-dealkylation sites (tertiary alicyclic amines) is 1. The summed E-state index contributed by atoms with van der Waals surface area (Å²) in [4.78, 5) is 35.2. The Kier molecular flexibility index (Phi) is 5.99. The normalized spacial score (nSPS) is 17.1. The van der Waals surface area contributed by atoms with Gasteiger partial charge in [0.1, 0.15) is 17.6 Å². The number of carbonyl (C=O) groups is 2. The summed E-state index contributed by atoms with van der Waals surface area (Å²) in [6.45, 7) is 2.30. The molecule has 0 bridgehead atoms. The minimum Gasteiger partial charge on any atom is -0.394 e. The summed E-state index contributed by atoms with van der Waals surface area (Å²) in [7, 11) is 0. The van der Waals surface area contributed by atoms with Crippen molar-refractivity contribution < 1.29 is 19.1 Å². The van der Waals surface area contributed by atoms with Gasteiger partial charge in [-0.15, -0.1) is 0 Å². The molecule has 1 fully saturated rings. The van der Waals surface area contributed by atoms with Crippen LogP contribution in [-0.4, -0.2) is 57.0 Å². The van der Waals surface area contributed by atoms with Crippen LogP contribution in [0.1, 0.15) is 34.6 Å². The minimum atomic E-state index is -0.837. The van der Waals surface area contributed by atoms with Gasteiger partial charge >= 0.3 is 0 Å². The van der Waals surface area contributed by atoms with E-state index in [1.165, 1.54) is 12.1 Å². The molecular weight excluding hydrogens is 399 g/mol. The number of hydrogen-bond donors (Lipinski definition) is 3. The third-order valence-corrected chi connectivity index (χ3v) is 5.71. The number of nitrogens with zero attached hydrogens (tertiary/aromatic N) is 2. The number of H-pyrrole nitrogens is 1. The van der Waals surface area contributed by atoms with Crippen LogP contribution in [0.5, 0.6) is 0 Å². The van der Waals surface area contributed by atoms with E-state index in [1.54, 1.807) is 29.3 Å². The van der Waals surface area contributed by atoms with Crippen molar-refractivity contribution in [2.75, 3.05) is 13.2 Å². The number of pyridine rings is 1. The molecule has 1 aliphatic heterocycles. The summed E-state index contributed by atoms with van der Waals surface area (Å²) in [5.74, 6) is -1.02. The predicted molar refractivity (Wildman–Crippen MR) is 114 cm³/mol. The number of rotatable bonds is 6. The summed E-state index contributed by atoms with van der Waals surface area (Å²) >= 11 is 0. The molecule has 0 aliphatic carbocycles. The van der Waals surface area contributed by atoms with Crippen LogP contribution in [-0.2, 0) is 11.2 Å². The van der Waals surface area contributed by atoms with Crippen LogP contribution in [0.3, 0.4) is 0 Å². The molecule has 2 atom stereocenters. The monoisotopic (exact) mass is 424 g/mol. The van der Waals surface area contributed by atoms with Crippen LogP contribution < -0.4 is 5.32 Å². The quantitative estimate of drug-likeness (QED) is 0.566. The number of aromatic nitrogens is 2. The zero-order valence-electron chi connectivity index (χ0n) is 17.3. The van der Waals surface area contributed by atoms with Gasteiger partial charge in [-0.05, 0) is 49.6 Å². The predicted octanol–water partition coefficient (Wildman–Crippen LogP) is 2.33. The highest BCUT2D eigenvalue weighted by atomic mass is 19.1. The number of carbonyl (C=O) groups excluding carboxylic acids is 2. The van der Waals surface area contributed by atoms with Gasteiger partial charge in [-0.1, -0.05) is 12.1 Å². The lowest BCUT2D eigenvalue weighted by Gasteiger charge is -2.28. The molecule has 0 unspecified atom stereocenters. The second-order valence-corrected chi connectivity index (χ2v) is 7.96. The lowest BCUT2D eigenvalue weighted by molar-refractivity contribution is -0.134. The molecule has 3 aromatic rings. The third-order valence-electron chi connectivity index (χ3n) is 5.71. The van der Waals surface area contributed by atoms with Gasteiger partial charge in [0.05, 0.1) is 24.4 Å². The Bertz CT molecular complexity index is 1100. The number of halogens is 1. The third kappa shape index (κ3) is 4.59. The fourth-order valence-corrected chi connectivity index (χ4v) is 4.07. The SMILES string of the molecule is Cc1cc2cc(C(=O)N[C@@H](Cc3ccc(F)cc3)C(=O)N3CCC[C@@H]3CO)[nH]c2cn1. The van der Waals surface area contributed by atoms with Crippen LogP contribution in [0.4, 0.5) is 4.39 Å². The van der Waals surface area contributed by atoms with Crippen molar-refractivity contribution in [1.29, 1.82) is 0 Å². The summed E-state index contributed by atoms with van der Waals surface area (Å²) in [5, 5.41) is 13.3. The first-order chi connectivity index (χ1) is 14.9. The Hall–Kier alpha value is -3.26. The fraction of sp³-hybridized carbons (Fsp3) is 0.348. The molecule has 8 heteroatoms. The molecule has 2 aromatic heterocycles. The number of aromatic amines is 1. The summed E-state index contributed by atoms with van der Waals surface area (Å²) < 4.78 is 13.3. The number of hydrogen-bond acceptors (Lipinski definition) is 4. The molecule has 0 radical (unpaired) electrons. The molecule has 162 valence electrons. The molecule has 1 aromatic carbocycles. The first-order valence-electron chi connectivity index (χ1n) is 10.4. The Morgan fingerprint density at radius 1 is 1.32 bits per heavy atom. The van der Waals surface area contributed by atoms with Gasteiger partial charge in [0, 0.05) is 24.0 Å². The van der Waals surface area contributed by atoms with E-state index in [1.807, 2.05) is 13.0 Å². The first kappa shape index (κ1) is 21.0. The Morgan fingerprint density at radius 3 is 2.84 bits per heavy atom. The van der Waals surface area contributed by atoms with Gasteiger partial charge < -0.3 is 20.3 Å². The van der Waals surface area contributed by atoms with E-state index >= 15 is 0 Å². The van der Waals surface area contributed by atoms with Crippen molar-refractivity contribution in [2.24, 2.45) is 0 Å². The average molecular weight is 424 g/mol. The zero-order valence-corrected chi connectivity index (χ0v) is 17.3. The van der Waals surface area contributed by atoms with E-state index in [9.17, 15) is 19.1 Å². The zero-order chi connectivity index (χ0) is 22.0. The van der Waals surface area contributed by atoms with Crippen molar-refractivity contribution >= 4 is 22.7 Å². The molecule has 1 saturated heterocycles. The maximum atomic E-state index is 13.3. The topological polar surface area (TPSA) is 98.3 Å². The molecule has 4 rings (SSSR count). The second kappa shape index (κ2) is 8.85. The largest absolute Gasteiger partial charge is 0.394 e. The van der Waals surface area contributed by atoms with E-state index in [2.05, 4.69) is 15.3 Å². The van der Waals surface area contributed by atoms with Crippen LogP contribution in [0.2, 0.25) is 0 Å². The van der Waals surface area contributed by atoms with E-state index in [0.717, 1.165) is 35.0 Å². The lowest BCUT2D eigenvalue weighted by atomic mass is 10.0. The highest BCUT2D eigenvalue weighted by Gasteiger charge is 2.34. The molecule has 3 N–H and O–H groups in total. The highest BCUT2D eigenvalue weighted by Crippen LogP contribution is 2.20. The van der Waals surface area contributed by atoms with Gasteiger partial charge in [0.25, 0.3) is 5.91 Å². The molecule has 1 aliphatic rings. The van der Waals surface area contributed by atoms with Crippen LogP contribution in [0, 0.1) is 12.7 Å². The van der Waals surface area contributed by atoms with E-state index < -0.39 is 11.9 Å². The number of aliphatic hydroxyl groups excluding tert-OH is 1. The van der Waals surface area contributed by atoms with Crippen molar-refractivity contribution in [1.82, 2.24) is 20.2 Å². The fourth-order valence-electron chi connectivity index (χ4n) is 4.07.